The minimum atomic E-state index is -3.84. The normalized spacial score (nSPS) is 25.3. The van der Waals surface area contributed by atoms with Crippen molar-refractivity contribution in [2.45, 2.75) is 40.0 Å². The Morgan fingerprint density at radius 1 is 1.29 bits per heavy atom. The second kappa shape index (κ2) is 5.59. The van der Waals surface area contributed by atoms with E-state index in [1.54, 1.807) is 6.92 Å². The van der Waals surface area contributed by atoms with E-state index in [9.17, 15) is 18.0 Å². The molecule has 0 unspecified atom stereocenters. The van der Waals surface area contributed by atoms with Crippen LogP contribution in [0.5, 0.6) is 0 Å². The van der Waals surface area contributed by atoms with Crippen LogP contribution in [-0.4, -0.2) is 32.7 Å². The van der Waals surface area contributed by atoms with Crippen LogP contribution in [0.1, 0.15) is 40.0 Å². The average Bonchev–Trinajstić information content (AvgIpc) is 3.18. The molecule has 2 aliphatic rings. The van der Waals surface area contributed by atoms with E-state index in [1.807, 2.05) is 0 Å². The Labute approximate surface area is 125 Å². The predicted molar refractivity (Wildman–Crippen MR) is 76.7 cm³/mol. The lowest BCUT2D eigenvalue weighted by Gasteiger charge is -2.22. The van der Waals surface area contributed by atoms with Gasteiger partial charge in [-0.1, -0.05) is 0 Å². The summed E-state index contributed by atoms with van der Waals surface area (Å²) in [7, 11) is -3.84. The number of carbonyl (C=O) groups excluding carboxylic acids is 2. The summed E-state index contributed by atoms with van der Waals surface area (Å²) in [6.07, 6.45) is 3.08. The SMILES string of the molecule is CCOC(=O)C(C)(C)CS(=O)(=O)NC(=O)[C@@H]1C[C@H]1C1CC1. The summed E-state index contributed by atoms with van der Waals surface area (Å²) in [5.41, 5.74) is -1.18. The first kappa shape index (κ1) is 16.3. The van der Waals surface area contributed by atoms with Gasteiger partial charge in [0.05, 0.1) is 17.8 Å². The fourth-order valence-corrected chi connectivity index (χ4v) is 4.28. The molecule has 0 aromatic rings. The highest BCUT2D eigenvalue weighted by Crippen LogP contribution is 2.54. The van der Waals surface area contributed by atoms with Crippen molar-refractivity contribution in [1.29, 1.82) is 0 Å². The van der Waals surface area contributed by atoms with Crippen molar-refractivity contribution in [2.75, 3.05) is 12.4 Å². The molecule has 0 saturated heterocycles. The predicted octanol–water partition coefficient (Wildman–Crippen LogP) is 1.07. The highest BCUT2D eigenvalue weighted by Gasteiger charge is 2.52. The molecule has 1 N–H and O–H groups in total. The van der Waals surface area contributed by atoms with Crippen molar-refractivity contribution in [3.63, 3.8) is 0 Å². The average molecular weight is 317 g/mol. The van der Waals surface area contributed by atoms with Crippen molar-refractivity contribution in [3.05, 3.63) is 0 Å². The first-order valence-electron chi connectivity index (χ1n) is 7.38. The van der Waals surface area contributed by atoms with Gasteiger partial charge in [-0.3, -0.25) is 14.3 Å². The third-order valence-corrected chi connectivity index (χ3v) is 5.65. The molecule has 0 radical (unpaired) electrons. The smallest absolute Gasteiger partial charge is 0.312 e. The number of hydrogen-bond donors (Lipinski definition) is 1. The van der Waals surface area contributed by atoms with Crippen molar-refractivity contribution in [2.24, 2.45) is 23.2 Å². The Kier molecular flexibility index (Phi) is 4.33. The fourth-order valence-electron chi connectivity index (χ4n) is 2.69. The van der Waals surface area contributed by atoms with Crippen LogP contribution in [0.25, 0.3) is 0 Å². The topological polar surface area (TPSA) is 89.5 Å². The highest BCUT2D eigenvalue weighted by molar-refractivity contribution is 7.90. The molecular weight excluding hydrogens is 294 g/mol. The Morgan fingerprint density at radius 2 is 1.90 bits per heavy atom. The van der Waals surface area contributed by atoms with Gasteiger partial charge < -0.3 is 4.74 Å². The van der Waals surface area contributed by atoms with E-state index >= 15 is 0 Å². The number of nitrogens with one attached hydrogen (secondary N) is 1. The zero-order valence-electron chi connectivity index (χ0n) is 12.7. The fraction of sp³-hybridized carbons (Fsp3) is 0.857. The monoisotopic (exact) mass is 317 g/mol. The number of esters is 1. The quantitative estimate of drug-likeness (QED) is 0.709. The van der Waals surface area contributed by atoms with Gasteiger partial charge in [0, 0.05) is 5.92 Å². The van der Waals surface area contributed by atoms with E-state index < -0.39 is 33.1 Å². The number of amides is 1. The Balaban J connectivity index is 1.89. The van der Waals surface area contributed by atoms with Crippen molar-refractivity contribution in [3.8, 4) is 0 Å². The minimum absolute atomic E-state index is 0.169. The van der Waals surface area contributed by atoms with E-state index in [-0.39, 0.29) is 12.5 Å². The molecule has 0 heterocycles. The maximum atomic E-state index is 12.0. The molecule has 2 fully saturated rings. The van der Waals surface area contributed by atoms with Crippen LogP contribution in [0, 0.1) is 23.2 Å². The number of carbonyl (C=O) groups is 2. The van der Waals surface area contributed by atoms with Crippen LogP contribution < -0.4 is 4.72 Å². The second-order valence-electron chi connectivity index (χ2n) is 6.67. The van der Waals surface area contributed by atoms with Crippen LogP contribution in [0.3, 0.4) is 0 Å². The zero-order valence-corrected chi connectivity index (χ0v) is 13.5. The van der Waals surface area contributed by atoms with E-state index in [0.717, 1.165) is 19.3 Å². The van der Waals surface area contributed by atoms with Gasteiger partial charge >= 0.3 is 5.97 Å². The standard InChI is InChI=1S/C14H23NO5S/c1-4-20-13(17)14(2,3)8-21(18,19)15-12(16)11-7-10(11)9-5-6-9/h9-11H,4-8H2,1-3H3,(H,15,16)/t10-,11+/m0/s1. The molecule has 0 aromatic heterocycles. The molecule has 120 valence electrons. The van der Waals surface area contributed by atoms with Crippen LogP contribution in [-0.2, 0) is 24.3 Å². The van der Waals surface area contributed by atoms with E-state index in [0.29, 0.717) is 11.8 Å². The molecule has 2 atom stereocenters. The van der Waals surface area contributed by atoms with Crippen molar-refractivity contribution in [1.82, 2.24) is 4.72 Å². The Bertz CT molecular complexity index is 536. The molecule has 0 aromatic carbocycles. The third kappa shape index (κ3) is 4.18. The molecule has 21 heavy (non-hydrogen) atoms. The molecule has 1 amide bonds. The summed E-state index contributed by atoms with van der Waals surface area (Å²) in [4.78, 5) is 23.7. The van der Waals surface area contributed by atoms with Gasteiger partial charge in [-0.05, 0) is 51.9 Å². The lowest BCUT2D eigenvalue weighted by atomic mass is 9.97. The molecule has 6 nitrogen and oxygen atoms in total. The summed E-state index contributed by atoms with van der Waals surface area (Å²) in [5, 5.41) is 0. The lowest BCUT2D eigenvalue weighted by Crippen LogP contribution is -2.42. The van der Waals surface area contributed by atoms with Gasteiger partial charge in [0.15, 0.2) is 0 Å². The second-order valence-corrected chi connectivity index (χ2v) is 8.40. The molecule has 0 bridgehead atoms. The van der Waals surface area contributed by atoms with Gasteiger partial charge in [0.1, 0.15) is 0 Å². The van der Waals surface area contributed by atoms with Gasteiger partial charge in [-0.15, -0.1) is 0 Å². The lowest BCUT2D eigenvalue weighted by molar-refractivity contribution is -0.152. The maximum absolute atomic E-state index is 12.0. The molecule has 2 saturated carbocycles. The number of hydrogen-bond acceptors (Lipinski definition) is 5. The van der Waals surface area contributed by atoms with Crippen molar-refractivity contribution >= 4 is 21.9 Å². The summed E-state index contributed by atoms with van der Waals surface area (Å²) in [6, 6.07) is 0. The van der Waals surface area contributed by atoms with Crippen LogP contribution in [0.15, 0.2) is 0 Å². The van der Waals surface area contributed by atoms with Crippen molar-refractivity contribution < 1.29 is 22.7 Å². The molecule has 7 heteroatoms. The molecule has 2 rings (SSSR count). The van der Waals surface area contributed by atoms with Gasteiger partial charge in [-0.25, -0.2) is 8.42 Å². The van der Waals surface area contributed by atoms with Gasteiger partial charge in [0.25, 0.3) is 0 Å². The maximum Gasteiger partial charge on any atom is 0.312 e. The first-order chi connectivity index (χ1) is 9.66. The summed E-state index contributed by atoms with van der Waals surface area (Å²) in [5.74, 6) is -0.655. The molecule has 0 aliphatic heterocycles. The molecular formula is C14H23NO5S. The largest absolute Gasteiger partial charge is 0.466 e. The summed E-state index contributed by atoms with van der Waals surface area (Å²) < 4.78 is 31.1. The van der Waals surface area contributed by atoms with Crippen LogP contribution in [0.2, 0.25) is 0 Å². The molecule has 0 spiro atoms. The Morgan fingerprint density at radius 3 is 2.43 bits per heavy atom. The zero-order chi connectivity index (χ0) is 15.8. The summed E-state index contributed by atoms with van der Waals surface area (Å²) >= 11 is 0. The highest BCUT2D eigenvalue weighted by atomic mass is 32.2. The number of ether oxygens (including phenoxy) is 1. The molecule has 2 aliphatic carbocycles. The van der Waals surface area contributed by atoms with E-state index in [2.05, 4.69) is 4.72 Å². The Hall–Kier alpha value is -1.11. The van der Waals surface area contributed by atoms with Crippen LogP contribution >= 0.6 is 0 Å². The number of rotatable bonds is 7. The third-order valence-electron chi connectivity index (χ3n) is 4.04. The number of sulfonamides is 1. The van der Waals surface area contributed by atoms with Crippen LogP contribution in [0.4, 0.5) is 0 Å². The van der Waals surface area contributed by atoms with Gasteiger partial charge in [-0.2, -0.15) is 0 Å². The van der Waals surface area contributed by atoms with Gasteiger partial charge in [0.2, 0.25) is 15.9 Å². The van der Waals surface area contributed by atoms with E-state index in [4.69, 9.17) is 4.74 Å². The minimum Gasteiger partial charge on any atom is -0.466 e. The van der Waals surface area contributed by atoms with E-state index in [1.165, 1.54) is 13.8 Å². The summed E-state index contributed by atoms with van der Waals surface area (Å²) in [6.45, 7) is 4.85. The first-order valence-corrected chi connectivity index (χ1v) is 9.03.